The molecule has 92 valence electrons. The van der Waals surface area contributed by atoms with Crippen molar-refractivity contribution >= 4 is 12.9 Å². The van der Waals surface area contributed by atoms with Crippen molar-refractivity contribution in [3.63, 3.8) is 0 Å². The molecule has 0 spiro atoms. The topological polar surface area (TPSA) is 9.23 Å². The molecule has 0 bridgehead atoms. The van der Waals surface area contributed by atoms with Crippen molar-refractivity contribution in [2.45, 2.75) is 24.1 Å². The summed E-state index contributed by atoms with van der Waals surface area (Å²) in [6, 6.07) is 0. The van der Waals surface area contributed by atoms with Gasteiger partial charge in [0.1, 0.15) is 0 Å². The maximum absolute atomic E-state index is 12.1. The lowest BCUT2D eigenvalue weighted by molar-refractivity contribution is -0.426. The second-order valence-corrected chi connectivity index (χ2v) is 2.44. The molecule has 0 aromatic rings. The molecule has 0 heterocycles. The van der Waals surface area contributed by atoms with Gasteiger partial charge in [-0.05, 0) is 12.9 Å². The SMILES string of the molecule is FC(F)(F)C(F)(F)C(F)(F)C(F)(F)OS. The van der Waals surface area contributed by atoms with E-state index < -0.39 is 24.1 Å². The number of halogens is 9. The fourth-order valence-corrected chi connectivity index (χ4v) is 0.533. The van der Waals surface area contributed by atoms with Gasteiger partial charge in [-0.2, -0.15) is 39.5 Å². The minimum atomic E-state index is -6.94. The Bertz CT molecular complexity index is 233. The van der Waals surface area contributed by atoms with Crippen molar-refractivity contribution in [3.05, 3.63) is 0 Å². The summed E-state index contributed by atoms with van der Waals surface area (Å²) in [5.74, 6) is -13.7. The van der Waals surface area contributed by atoms with Crippen LogP contribution in [0.3, 0.4) is 0 Å². The van der Waals surface area contributed by atoms with Gasteiger partial charge in [-0.3, -0.25) is 0 Å². The quantitative estimate of drug-likeness (QED) is 0.469. The molecule has 0 rings (SSSR count). The van der Waals surface area contributed by atoms with Gasteiger partial charge in [-0.15, -0.1) is 0 Å². The van der Waals surface area contributed by atoms with Gasteiger partial charge >= 0.3 is 24.1 Å². The van der Waals surface area contributed by atoms with Crippen molar-refractivity contribution in [1.82, 2.24) is 0 Å². The van der Waals surface area contributed by atoms with E-state index in [1.165, 1.54) is 0 Å². The number of rotatable bonds is 3. The molecule has 0 aromatic heterocycles. The van der Waals surface area contributed by atoms with Gasteiger partial charge in [-0.1, -0.05) is 0 Å². The first-order valence-electron chi connectivity index (χ1n) is 2.84. The van der Waals surface area contributed by atoms with Gasteiger partial charge in [0.15, 0.2) is 0 Å². The molecular formula is C4HF9OS. The maximum Gasteiger partial charge on any atom is 0.460 e. The lowest BCUT2D eigenvalue weighted by atomic mass is 10.1. The Kier molecular flexibility index (Phi) is 3.53. The molecule has 0 aromatic carbocycles. The zero-order valence-electron chi connectivity index (χ0n) is 6.26. The van der Waals surface area contributed by atoms with Crippen LogP contribution in [0, 0.1) is 0 Å². The van der Waals surface area contributed by atoms with Crippen LogP contribution in [0.1, 0.15) is 0 Å². The molecule has 0 aliphatic rings. The van der Waals surface area contributed by atoms with Crippen LogP contribution in [-0.2, 0) is 4.18 Å². The van der Waals surface area contributed by atoms with Gasteiger partial charge in [-0.25, -0.2) is 4.18 Å². The first-order valence-corrected chi connectivity index (χ1v) is 3.20. The van der Waals surface area contributed by atoms with Crippen LogP contribution in [-0.4, -0.2) is 24.1 Å². The lowest BCUT2D eigenvalue weighted by Gasteiger charge is -2.31. The minimum absolute atomic E-state index is 2.09. The summed E-state index contributed by atoms with van der Waals surface area (Å²) >= 11 is 2.09. The Hall–Kier alpha value is -0.320. The van der Waals surface area contributed by atoms with Crippen LogP contribution in [0.2, 0.25) is 0 Å². The van der Waals surface area contributed by atoms with Crippen LogP contribution in [0.5, 0.6) is 0 Å². The number of thiol groups is 1. The summed E-state index contributed by atoms with van der Waals surface area (Å²) in [7, 11) is 0. The van der Waals surface area contributed by atoms with E-state index in [0.717, 1.165) is 0 Å². The second kappa shape index (κ2) is 3.61. The predicted octanol–water partition coefficient (Wildman–Crippen LogP) is 3.27. The van der Waals surface area contributed by atoms with Crippen molar-refractivity contribution in [2.75, 3.05) is 0 Å². The molecule has 0 aliphatic carbocycles. The maximum atomic E-state index is 12.1. The average Bonchev–Trinajstić information content (AvgIpc) is 2.01. The van der Waals surface area contributed by atoms with Gasteiger partial charge in [0.25, 0.3) is 0 Å². The summed E-state index contributed by atoms with van der Waals surface area (Å²) < 4.78 is 108. The number of hydrogen-bond donors (Lipinski definition) is 1. The van der Waals surface area contributed by atoms with E-state index in [-0.39, 0.29) is 0 Å². The third-order valence-electron chi connectivity index (χ3n) is 1.23. The molecule has 0 saturated heterocycles. The Labute approximate surface area is 81.8 Å². The van der Waals surface area contributed by atoms with E-state index in [9.17, 15) is 39.5 Å². The fraction of sp³-hybridized carbons (Fsp3) is 1.00. The van der Waals surface area contributed by atoms with Gasteiger partial charge in [0, 0.05) is 0 Å². The Morgan fingerprint density at radius 1 is 0.667 bits per heavy atom. The van der Waals surface area contributed by atoms with Crippen LogP contribution in [0.4, 0.5) is 39.5 Å². The highest BCUT2D eigenvalue weighted by Crippen LogP contribution is 2.53. The summed E-state index contributed by atoms with van der Waals surface area (Å²) in [5.41, 5.74) is 0. The van der Waals surface area contributed by atoms with E-state index in [1.807, 2.05) is 0 Å². The Balaban J connectivity index is 5.38. The highest BCUT2D eigenvalue weighted by atomic mass is 32.1. The van der Waals surface area contributed by atoms with E-state index in [2.05, 4.69) is 17.1 Å². The molecule has 15 heavy (non-hydrogen) atoms. The highest BCUT2D eigenvalue weighted by Gasteiger charge is 2.82. The predicted molar refractivity (Wildman–Crippen MR) is 31.0 cm³/mol. The van der Waals surface area contributed by atoms with E-state index in [1.54, 1.807) is 0 Å². The summed E-state index contributed by atoms with van der Waals surface area (Å²) in [4.78, 5) is 0. The zero-order valence-corrected chi connectivity index (χ0v) is 7.15. The molecule has 11 heteroatoms. The molecule has 0 fully saturated rings. The van der Waals surface area contributed by atoms with E-state index >= 15 is 0 Å². The molecule has 0 unspecified atom stereocenters. The smallest absolute Gasteiger partial charge is 0.247 e. The van der Waals surface area contributed by atoms with Crippen LogP contribution >= 0.6 is 12.9 Å². The molecule has 0 amide bonds. The molecule has 0 aliphatic heterocycles. The standard InChI is InChI=1S/C4HF9OS/c5-1(6,3(9,10)11)2(7,8)4(12,13)14-15/h15H. The number of alkyl halides is 9. The summed E-state index contributed by atoms with van der Waals surface area (Å²) in [6.07, 6.45) is -12.9. The van der Waals surface area contributed by atoms with Crippen molar-refractivity contribution in [2.24, 2.45) is 0 Å². The first kappa shape index (κ1) is 14.7. The van der Waals surface area contributed by atoms with Gasteiger partial charge in [0.05, 0.1) is 0 Å². The largest absolute Gasteiger partial charge is 0.460 e. The minimum Gasteiger partial charge on any atom is -0.247 e. The van der Waals surface area contributed by atoms with E-state index in [0.29, 0.717) is 0 Å². The fourth-order valence-electron chi connectivity index (χ4n) is 0.418. The molecule has 0 N–H and O–H groups in total. The monoisotopic (exact) mass is 268 g/mol. The second-order valence-electron chi connectivity index (χ2n) is 2.25. The van der Waals surface area contributed by atoms with Crippen LogP contribution in [0.25, 0.3) is 0 Å². The third-order valence-corrected chi connectivity index (χ3v) is 1.46. The van der Waals surface area contributed by atoms with Crippen molar-refractivity contribution in [1.29, 1.82) is 0 Å². The summed E-state index contributed by atoms with van der Waals surface area (Å²) in [6.45, 7) is 0. The molecule has 0 radical (unpaired) electrons. The highest BCUT2D eigenvalue weighted by molar-refractivity contribution is 7.75. The first-order chi connectivity index (χ1) is 6.31. The molecule has 1 nitrogen and oxygen atoms in total. The van der Waals surface area contributed by atoms with Crippen LogP contribution in [0.15, 0.2) is 0 Å². The lowest BCUT2D eigenvalue weighted by Crippen LogP contribution is -2.61. The van der Waals surface area contributed by atoms with Gasteiger partial charge < -0.3 is 0 Å². The Morgan fingerprint density at radius 3 is 1.20 bits per heavy atom. The normalized spacial score (nSPS) is 15.6. The van der Waals surface area contributed by atoms with Crippen molar-refractivity contribution in [3.8, 4) is 0 Å². The molecule has 0 atom stereocenters. The average molecular weight is 268 g/mol. The Morgan fingerprint density at radius 2 is 1.00 bits per heavy atom. The summed E-state index contributed by atoms with van der Waals surface area (Å²) in [5, 5.41) is 0. The van der Waals surface area contributed by atoms with Crippen LogP contribution < -0.4 is 0 Å². The third kappa shape index (κ3) is 2.12. The zero-order chi connectivity index (χ0) is 12.7. The van der Waals surface area contributed by atoms with Gasteiger partial charge in [0.2, 0.25) is 0 Å². The number of hydrogen-bond acceptors (Lipinski definition) is 2. The van der Waals surface area contributed by atoms with Crippen molar-refractivity contribution < 1.29 is 43.7 Å². The van der Waals surface area contributed by atoms with E-state index in [4.69, 9.17) is 0 Å². The molecular weight excluding hydrogens is 267 g/mol. The molecule has 0 saturated carbocycles.